The van der Waals surface area contributed by atoms with Gasteiger partial charge in [-0.15, -0.1) is 0 Å². The topological polar surface area (TPSA) is 97.2 Å². The molecule has 0 aromatic heterocycles. The average molecular weight is 481 g/mol. The van der Waals surface area contributed by atoms with E-state index >= 15 is 0 Å². The molecule has 188 valence electrons. The summed E-state index contributed by atoms with van der Waals surface area (Å²) in [7, 11) is 3.05. The number of rotatable bonds is 10. The van der Waals surface area contributed by atoms with Crippen LogP contribution in [0.3, 0.4) is 0 Å². The van der Waals surface area contributed by atoms with Gasteiger partial charge in [-0.25, -0.2) is 4.79 Å². The fourth-order valence-corrected chi connectivity index (χ4v) is 4.57. The van der Waals surface area contributed by atoms with E-state index in [-0.39, 0.29) is 18.1 Å². The zero-order valence-electron chi connectivity index (χ0n) is 21.0. The standard InChI is InChI=1S/C28H36N2O5/c1-18(2)22-14-15-25(34-3)23(17-22)20-12-10-19(11-13-20)16-24(28(32)33)29-27(31)26(30-35-4)21-8-6-5-7-9-21/h10-15,17-18,21,24H,5-9,16H2,1-4H3,(H,29,31)(H,32,33)/t24-/m0/s1. The third kappa shape index (κ3) is 6.84. The summed E-state index contributed by atoms with van der Waals surface area (Å²) >= 11 is 0. The summed E-state index contributed by atoms with van der Waals surface area (Å²) in [4.78, 5) is 29.8. The Hall–Kier alpha value is -3.35. The Morgan fingerprint density at radius 3 is 2.31 bits per heavy atom. The molecule has 7 heteroatoms. The van der Waals surface area contributed by atoms with Crippen molar-refractivity contribution in [2.75, 3.05) is 14.2 Å². The Bertz CT molecular complexity index is 1040. The smallest absolute Gasteiger partial charge is 0.326 e. The number of carbonyl (C=O) groups is 2. The summed E-state index contributed by atoms with van der Waals surface area (Å²) in [5.74, 6) is -0.398. The lowest BCUT2D eigenvalue weighted by molar-refractivity contribution is -0.141. The van der Waals surface area contributed by atoms with Crippen LogP contribution in [0.5, 0.6) is 5.75 Å². The summed E-state index contributed by atoms with van der Waals surface area (Å²) in [6, 6.07) is 12.8. The third-order valence-electron chi connectivity index (χ3n) is 6.61. The molecule has 0 spiro atoms. The van der Waals surface area contributed by atoms with Crippen LogP contribution in [0.25, 0.3) is 11.1 Å². The SMILES string of the molecule is CON=C(C(=O)N[C@@H](Cc1ccc(-c2cc(C(C)C)ccc2OC)cc1)C(=O)O)C1CCCCC1. The third-order valence-corrected chi connectivity index (χ3v) is 6.61. The number of aliphatic carboxylic acids is 1. The van der Waals surface area contributed by atoms with Gasteiger partial charge in [-0.1, -0.05) is 68.6 Å². The first kappa shape index (κ1) is 26.3. The second-order valence-electron chi connectivity index (χ2n) is 9.37. The summed E-state index contributed by atoms with van der Waals surface area (Å²) in [5.41, 5.74) is 4.27. The maximum Gasteiger partial charge on any atom is 0.326 e. The highest BCUT2D eigenvalue weighted by Crippen LogP contribution is 2.33. The van der Waals surface area contributed by atoms with Gasteiger partial charge in [0.1, 0.15) is 24.6 Å². The lowest BCUT2D eigenvalue weighted by Crippen LogP contribution is -2.47. The van der Waals surface area contributed by atoms with Gasteiger partial charge in [0, 0.05) is 17.9 Å². The van der Waals surface area contributed by atoms with Crippen LogP contribution >= 0.6 is 0 Å². The molecule has 35 heavy (non-hydrogen) atoms. The predicted molar refractivity (Wildman–Crippen MR) is 137 cm³/mol. The number of carboxylic acids is 1. The van der Waals surface area contributed by atoms with E-state index in [1.807, 2.05) is 30.3 Å². The van der Waals surface area contributed by atoms with Crippen LogP contribution in [-0.4, -0.2) is 43.0 Å². The number of hydrogen-bond acceptors (Lipinski definition) is 5. The molecular formula is C28H36N2O5. The summed E-state index contributed by atoms with van der Waals surface area (Å²) in [6.45, 7) is 4.29. The van der Waals surface area contributed by atoms with Crippen LogP contribution in [0.1, 0.15) is 63.0 Å². The van der Waals surface area contributed by atoms with Gasteiger partial charge in [0.2, 0.25) is 0 Å². The summed E-state index contributed by atoms with van der Waals surface area (Å²) in [6.07, 6.45) is 5.07. The zero-order valence-corrected chi connectivity index (χ0v) is 21.0. The number of hydrogen-bond donors (Lipinski definition) is 2. The average Bonchev–Trinajstić information content (AvgIpc) is 2.87. The van der Waals surface area contributed by atoms with Crippen molar-refractivity contribution < 1.29 is 24.3 Å². The van der Waals surface area contributed by atoms with Crippen molar-refractivity contribution >= 4 is 17.6 Å². The normalized spacial score (nSPS) is 15.5. The van der Waals surface area contributed by atoms with Crippen LogP contribution in [0.4, 0.5) is 0 Å². The maximum atomic E-state index is 12.9. The molecule has 2 N–H and O–H groups in total. The molecule has 1 amide bonds. The lowest BCUT2D eigenvalue weighted by atomic mass is 9.85. The molecule has 3 rings (SSSR count). The van der Waals surface area contributed by atoms with Crippen LogP contribution in [0.2, 0.25) is 0 Å². The fraction of sp³-hybridized carbons (Fsp3) is 0.464. The number of ether oxygens (including phenoxy) is 1. The van der Waals surface area contributed by atoms with E-state index in [9.17, 15) is 14.7 Å². The number of amides is 1. The molecule has 2 aromatic rings. The molecular weight excluding hydrogens is 444 g/mol. The molecule has 1 aliphatic rings. The molecule has 0 saturated heterocycles. The lowest BCUT2D eigenvalue weighted by Gasteiger charge is -2.23. The summed E-state index contributed by atoms with van der Waals surface area (Å²) < 4.78 is 5.55. The number of oxime groups is 1. The minimum Gasteiger partial charge on any atom is -0.496 e. The molecule has 7 nitrogen and oxygen atoms in total. The number of carboxylic acid groups (broad SMARTS) is 1. The molecule has 1 aliphatic carbocycles. The van der Waals surface area contributed by atoms with Gasteiger partial charge in [0.05, 0.1) is 7.11 Å². The van der Waals surface area contributed by atoms with Gasteiger partial charge in [-0.3, -0.25) is 4.79 Å². The highest BCUT2D eigenvalue weighted by atomic mass is 16.6. The van der Waals surface area contributed by atoms with Gasteiger partial charge in [0.15, 0.2) is 0 Å². The van der Waals surface area contributed by atoms with Crippen molar-refractivity contribution in [2.45, 2.75) is 64.3 Å². The predicted octanol–water partition coefficient (Wildman–Crippen LogP) is 5.18. The highest BCUT2D eigenvalue weighted by molar-refractivity contribution is 6.39. The van der Waals surface area contributed by atoms with Crippen LogP contribution in [0, 0.1) is 5.92 Å². The zero-order chi connectivity index (χ0) is 25.4. The minimum atomic E-state index is -1.09. The van der Waals surface area contributed by atoms with Gasteiger partial charge in [-0.05, 0) is 47.6 Å². The fourth-order valence-electron chi connectivity index (χ4n) is 4.57. The number of carbonyl (C=O) groups excluding carboxylic acids is 1. The first-order chi connectivity index (χ1) is 16.8. The second kappa shape index (κ2) is 12.4. The largest absolute Gasteiger partial charge is 0.496 e. The first-order valence-electron chi connectivity index (χ1n) is 12.3. The quantitative estimate of drug-likeness (QED) is 0.361. The Morgan fingerprint density at radius 2 is 1.74 bits per heavy atom. The van der Waals surface area contributed by atoms with Crippen molar-refractivity contribution in [1.82, 2.24) is 5.32 Å². The molecule has 1 atom stereocenters. The molecule has 0 unspecified atom stereocenters. The van der Waals surface area contributed by atoms with E-state index in [2.05, 4.69) is 36.5 Å². The maximum absolute atomic E-state index is 12.9. The van der Waals surface area contributed by atoms with Gasteiger partial charge < -0.3 is 20.0 Å². The van der Waals surface area contributed by atoms with Gasteiger partial charge in [-0.2, -0.15) is 0 Å². The van der Waals surface area contributed by atoms with E-state index in [0.717, 1.165) is 54.5 Å². The van der Waals surface area contributed by atoms with E-state index in [1.165, 1.54) is 12.7 Å². The van der Waals surface area contributed by atoms with Crippen LogP contribution < -0.4 is 10.1 Å². The number of benzene rings is 2. The van der Waals surface area contributed by atoms with Crippen LogP contribution in [-0.2, 0) is 20.8 Å². The molecule has 0 heterocycles. The summed E-state index contributed by atoms with van der Waals surface area (Å²) in [5, 5.41) is 16.4. The molecule has 0 radical (unpaired) electrons. The second-order valence-corrected chi connectivity index (χ2v) is 9.37. The van der Waals surface area contributed by atoms with Gasteiger partial charge in [0.25, 0.3) is 5.91 Å². The van der Waals surface area contributed by atoms with Crippen molar-refractivity contribution in [3.05, 3.63) is 53.6 Å². The van der Waals surface area contributed by atoms with E-state index in [1.54, 1.807) is 7.11 Å². The molecule has 0 bridgehead atoms. The number of nitrogens with one attached hydrogen (secondary N) is 1. The Balaban J connectivity index is 1.75. The van der Waals surface area contributed by atoms with E-state index in [0.29, 0.717) is 5.92 Å². The molecule has 1 saturated carbocycles. The van der Waals surface area contributed by atoms with Gasteiger partial charge >= 0.3 is 5.97 Å². The molecule has 2 aromatic carbocycles. The number of methoxy groups -OCH3 is 1. The number of nitrogens with zero attached hydrogens (tertiary/aromatic N) is 1. The first-order valence-corrected chi connectivity index (χ1v) is 12.3. The Kier molecular flexibility index (Phi) is 9.29. The molecule has 1 fully saturated rings. The monoisotopic (exact) mass is 480 g/mol. The van der Waals surface area contributed by atoms with Crippen molar-refractivity contribution in [3.63, 3.8) is 0 Å². The van der Waals surface area contributed by atoms with Crippen molar-refractivity contribution in [3.8, 4) is 16.9 Å². The molecule has 0 aliphatic heterocycles. The van der Waals surface area contributed by atoms with E-state index < -0.39 is 17.9 Å². The minimum absolute atomic E-state index is 0.00555. The van der Waals surface area contributed by atoms with Crippen molar-refractivity contribution in [2.24, 2.45) is 11.1 Å². The van der Waals surface area contributed by atoms with Crippen molar-refractivity contribution in [1.29, 1.82) is 0 Å². The Labute approximate surface area is 207 Å². The Morgan fingerprint density at radius 1 is 1.06 bits per heavy atom. The highest BCUT2D eigenvalue weighted by Gasteiger charge is 2.29. The van der Waals surface area contributed by atoms with Crippen LogP contribution in [0.15, 0.2) is 47.6 Å². The van der Waals surface area contributed by atoms with E-state index in [4.69, 9.17) is 9.57 Å².